The monoisotopic (exact) mass is 212 g/mol. The normalized spacial score (nSPS) is 16.4. The fraction of sp³-hybridized carbons (Fsp3) is 1.00. The van der Waals surface area contributed by atoms with Crippen LogP contribution in [0.2, 0.25) is 0 Å². The molecule has 0 radical (unpaired) electrons. The Labute approximate surface area is 97.8 Å². The van der Waals surface area contributed by atoms with Gasteiger partial charge in [-0.2, -0.15) is 0 Å². The van der Waals surface area contributed by atoms with E-state index in [0.717, 1.165) is 11.8 Å². The van der Waals surface area contributed by atoms with Gasteiger partial charge >= 0.3 is 0 Å². The van der Waals surface area contributed by atoms with Crippen LogP contribution in [0, 0.1) is 17.3 Å². The van der Waals surface area contributed by atoms with Crippen LogP contribution in [0.25, 0.3) is 0 Å². The summed E-state index contributed by atoms with van der Waals surface area (Å²) in [7, 11) is 0. The molecule has 15 heavy (non-hydrogen) atoms. The van der Waals surface area contributed by atoms with E-state index in [2.05, 4.69) is 41.5 Å². The third-order valence-electron chi connectivity index (χ3n) is 4.63. The minimum absolute atomic E-state index is 0.597. The molecule has 2 atom stereocenters. The second kappa shape index (κ2) is 7.30. The summed E-state index contributed by atoms with van der Waals surface area (Å²) in [6, 6.07) is 0. The summed E-state index contributed by atoms with van der Waals surface area (Å²) in [6.45, 7) is 14.3. The van der Waals surface area contributed by atoms with Gasteiger partial charge in [0.15, 0.2) is 0 Å². The Morgan fingerprint density at radius 1 is 0.867 bits per heavy atom. The van der Waals surface area contributed by atoms with E-state index in [0.29, 0.717) is 5.41 Å². The molecule has 0 aliphatic carbocycles. The molecule has 0 fully saturated rings. The van der Waals surface area contributed by atoms with E-state index in [1.165, 1.54) is 38.5 Å². The molecule has 0 saturated carbocycles. The first-order valence-corrected chi connectivity index (χ1v) is 6.99. The Morgan fingerprint density at radius 3 is 1.73 bits per heavy atom. The predicted molar refractivity (Wildman–Crippen MR) is 71.2 cm³/mol. The fourth-order valence-corrected chi connectivity index (χ4v) is 2.20. The van der Waals surface area contributed by atoms with Crippen molar-refractivity contribution in [2.24, 2.45) is 17.3 Å². The lowest BCUT2D eigenvalue weighted by Gasteiger charge is -2.29. The molecule has 0 saturated heterocycles. The molecular weight excluding hydrogens is 180 g/mol. The van der Waals surface area contributed by atoms with Gasteiger partial charge < -0.3 is 0 Å². The van der Waals surface area contributed by atoms with Gasteiger partial charge in [0, 0.05) is 0 Å². The predicted octanol–water partition coefficient (Wildman–Crippen LogP) is 5.67. The van der Waals surface area contributed by atoms with E-state index in [1.807, 2.05) is 0 Å². The van der Waals surface area contributed by atoms with Crippen molar-refractivity contribution in [3.05, 3.63) is 0 Å². The molecule has 0 aliphatic rings. The second-order valence-electron chi connectivity index (χ2n) is 5.80. The zero-order chi connectivity index (χ0) is 11.9. The Bertz CT molecular complexity index is 144. The first-order chi connectivity index (χ1) is 6.99. The quantitative estimate of drug-likeness (QED) is 0.486. The van der Waals surface area contributed by atoms with Crippen molar-refractivity contribution in [2.45, 2.75) is 80.1 Å². The van der Waals surface area contributed by atoms with Gasteiger partial charge in [-0.3, -0.25) is 0 Å². The molecule has 0 spiro atoms. The Hall–Kier alpha value is 0. The molecule has 0 amide bonds. The van der Waals surface area contributed by atoms with Crippen LogP contribution >= 0.6 is 0 Å². The first-order valence-electron chi connectivity index (χ1n) is 6.99. The molecule has 0 nitrogen and oxygen atoms in total. The highest BCUT2D eigenvalue weighted by Crippen LogP contribution is 2.34. The van der Waals surface area contributed by atoms with Crippen molar-refractivity contribution in [3.8, 4) is 0 Å². The summed E-state index contributed by atoms with van der Waals surface area (Å²) in [4.78, 5) is 0. The van der Waals surface area contributed by atoms with Gasteiger partial charge in [0.05, 0.1) is 0 Å². The van der Waals surface area contributed by atoms with Gasteiger partial charge in [-0.1, -0.05) is 67.2 Å². The molecule has 0 N–H and O–H groups in total. The van der Waals surface area contributed by atoms with Gasteiger partial charge in [-0.25, -0.2) is 0 Å². The minimum atomic E-state index is 0.597. The molecule has 2 unspecified atom stereocenters. The average Bonchev–Trinajstić information content (AvgIpc) is 2.25. The summed E-state index contributed by atoms with van der Waals surface area (Å²) in [6.07, 6.45) is 8.23. The lowest BCUT2D eigenvalue weighted by Crippen LogP contribution is -2.17. The molecule has 0 aliphatic heterocycles. The van der Waals surface area contributed by atoms with Crippen molar-refractivity contribution in [1.29, 1.82) is 0 Å². The molecule has 0 rings (SSSR count). The molecule has 0 aromatic carbocycles. The van der Waals surface area contributed by atoms with Crippen molar-refractivity contribution in [1.82, 2.24) is 0 Å². The van der Waals surface area contributed by atoms with Crippen LogP contribution in [0.1, 0.15) is 80.1 Å². The van der Waals surface area contributed by atoms with E-state index in [4.69, 9.17) is 0 Å². The lowest BCUT2D eigenvalue weighted by atomic mass is 9.76. The van der Waals surface area contributed by atoms with E-state index < -0.39 is 0 Å². The zero-order valence-electron chi connectivity index (χ0n) is 11.9. The molecular formula is C15H32. The second-order valence-corrected chi connectivity index (χ2v) is 5.80. The highest BCUT2D eigenvalue weighted by Gasteiger charge is 2.21. The minimum Gasteiger partial charge on any atom is -0.0654 e. The van der Waals surface area contributed by atoms with Gasteiger partial charge in [0.25, 0.3) is 0 Å². The maximum atomic E-state index is 2.45. The SMILES string of the molecule is CCCC(C)C(C)CCC(C)(CC)CC. The Kier molecular flexibility index (Phi) is 7.30. The van der Waals surface area contributed by atoms with Gasteiger partial charge in [0.2, 0.25) is 0 Å². The first kappa shape index (κ1) is 15.0. The van der Waals surface area contributed by atoms with E-state index >= 15 is 0 Å². The van der Waals surface area contributed by atoms with Crippen LogP contribution in [-0.4, -0.2) is 0 Å². The largest absolute Gasteiger partial charge is 0.0654 e. The third kappa shape index (κ3) is 5.58. The van der Waals surface area contributed by atoms with Crippen LogP contribution in [0.3, 0.4) is 0 Å². The highest BCUT2D eigenvalue weighted by atomic mass is 14.3. The van der Waals surface area contributed by atoms with Crippen LogP contribution < -0.4 is 0 Å². The summed E-state index contributed by atoms with van der Waals surface area (Å²) in [5.74, 6) is 1.82. The molecule has 0 heterocycles. The summed E-state index contributed by atoms with van der Waals surface area (Å²) in [5.41, 5.74) is 0.597. The Balaban J connectivity index is 3.92. The Morgan fingerprint density at radius 2 is 1.33 bits per heavy atom. The maximum Gasteiger partial charge on any atom is -0.0331 e. The van der Waals surface area contributed by atoms with E-state index in [9.17, 15) is 0 Å². The lowest BCUT2D eigenvalue weighted by molar-refractivity contribution is 0.224. The van der Waals surface area contributed by atoms with Crippen molar-refractivity contribution >= 4 is 0 Å². The average molecular weight is 212 g/mol. The van der Waals surface area contributed by atoms with Crippen molar-refractivity contribution in [3.63, 3.8) is 0 Å². The summed E-state index contributed by atoms with van der Waals surface area (Å²) >= 11 is 0. The number of hydrogen-bond acceptors (Lipinski definition) is 0. The molecule has 92 valence electrons. The highest BCUT2D eigenvalue weighted by molar-refractivity contribution is 4.73. The number of hydrogen-bond donors (Lipinski definition) is 0. The van der Waals surface area contributed by atoms with Crippen LogP contribution in [0.4, 0.5) is 0 Å². The van der Waals surface area contributed by atoms with E-state index in [-0.39, 0.29) is 0 Å². The van der Waals surface area contributed by atoms with Crippen LogP contribution in [0.5, 0.6) is 0 Å². The van der Waals surface area contributed by atoms with Gasteiger partial charge in [-0.15, -0.1) is 0 Å². The van der Waals surface area contributed by atoms with Crippen molar-refractivity contribution < 1.29 is 0 Å². The summed E-state index contributed by atoms with van der Waals surface area (Å²) in [5, 5.41) is 0. The van der Waals surface area contributed by atoms with Gasteiger partial charge in [0.1, 0.15) is 0 Å². The topological polar surface area (TPSA) is 0 Å². The van der Waals surface area contributed by atoms with E-state index in [1.54, 1.807) is 0 Å². The maximum absolute atomic E-state index is 2.45. The molecule has 0 aromatic rings. The van der Waals surface area contributed by atoms with Crippen LogP contribution in [0.15, 0.2) is 0 Å². The third-order valence-corrected chi connectivity index (χ3v) is 4.63. The smallest absolute Gasteiger partial charge is 0.0331 e. The molecule has 0 aromatic heterocycles. The van der Waals surface area contributed by atoms with Crippen LogP contribution in [-0.2, 0) is 0 Å². The molecule has 0 heteroatoms. The fourth-order valence-electron chi connectivity index (χ4n) is 2.20. The molecule has 0 bridgehead atoms. The summed E-state index contributed by atoms with van der Waals surface area (Å²) < 4.78 is 0. The standard InChI is InChI=1S/C15H32/c1-7-10-13(4)14(5)11-12-15(6,8-2)9-3/h13-14H,7-12H2,1-6H3. The number of rotatable bonds is 8. The zero-order valence-corrected chi connectivity index (χ0v) is 11.9. The van der Waals surface area contributed by atoms with Gasteiger partial charge in [-0.05, 0) is 30.1 Å². The van der Waals surface area contributed by atoms with Crippen molar-refractivity contribution in [2.75, 3.05) is 0 Å².